The number of fused-ring (bicyclic) bond motifs is 1. The lowest BCUT2D eigenvalue weighted by molar-refractivity contribution is -0.140. The summed E-state index contributed by atoms with van der Waals surface area (Å²) in [6, 6.07) is 8.58. The second kappa shape index (κ2) is 6.04. The summed E-state index contributed by atoms with van der Waals surface area (Å²) in [5.41, 5.74) is 1.42. The summed E-state index contributed by atoms with van der Waals surface area (Å²) in [6.07, 6.45) is 11.3. The number of likely N-dealkylation sites (tertiary alicyclic amines) is 1. The summed E-state index contributed by atoms with van der Waals surface area (Å²) in [5.74, 6) is 3.17. The average Bonchev–Trinajstić information content (AvgIpc) is 3.26. The Morgan fingerprint density at radius 1 is 1.11 bits per heavy atom. The lowest BCUT2D eigenvalue weighted by Crippen LogP contribution is -2.48. The maximum atomic E-state index is 13.4. The molecule has 4 bridgehead atoms. The molecule has 1 aromatic carbocycles. The lowest BCUT2D eigenvalue weighted by atomic mass is 9.49. The molecule has 1 atom stereocenters. The standard InChI is InChI=1S/C23H28N2OS/c26-21(14-23-11-15-8-16(12-23)10-17(9-15)13-23)25-7-3-5-19(25)22-24-18-4-1-2-6-20(18)27-22/h1-2,4,6,15-17,19H,3,5,7-14H2/t15?,16?,17?,19-,23?/m1/s1. The van der Waals surface area contributed by atoms with E-state index in [1.54, 1.807) is 11.3 Å². The van der Waals surface area contributed by atoms with Gasteiger partial charge in [-0.05, 0) is 86.7 Å². The van der Waals surface area contributed by atoms with Gasteiger partial charge in [0, 0.05) is 13.0 Å². The van der Waals surface area contributed by atoms with E-state index < -0.39 is 0 Å². The second-order valence-electron chi connectivity index (χ2n) is 9.86. The van der Waals surface area contributed by atoms with Gasteiger partial charge in [-0.1, -0.05) is 12.1 Å². The number of benzene rings is 1. The van der Waals surface area contributed by atoms with E-state index in [4.69, 9.17) is 4.98 Å². The molecule has 27 heavy (non-hydrogen) atoms. The van der Waals surface area contributed by atoms with Gasteiger partial charge in [-0.25, -0.2) is 4.98 Å². The molecular weight excluding hydrogens is 352 g/mol. The Kier molecular flexibility index (Phi) is 3.70. The van der Waals surface area contributed by atoms with Crippen molar-refractivity contribution in [2.45, 2.75) is 63.8 Å². The predicted octanol–water partition coefficient (Wildman–Crippen LogP) is 5.57. The summed E-state index contributed by atoms with van der Waals surface area (Å²) in [6.45, 7) is 0.922. The Balaban J connectivity index is 1.24. The molecule has 4 heteroatoms. The molecule has 0 unspecified atom stereocenters. The van der Waals surface area contributed by atoms with E-state index in [1.165, 1.54) is 43.2 Å². The van der Waals surface area contributed by atoms with E-state index in [0.717, 1.165) is 54.1 Å². The number of aromatic nitrogens is 1. The van der Waals surface area contributed by atoms with Gasteiger partial charge >= 0.3 is 0 Å². The third-order valence-corrected chi connectivity index (χ3v) is 9.00. The number of carbonyl (C=O) groups excluding carboxylic acids is 1. The van der Waals surface area contributed by atoms with Crippen LogP contribution in [0.4, 0.5) is 0 Å². The van der Waals surface area contributed by atoms with Crippen molar-refractivity contribution in [3.05, 3.63) is 29.3 Å². The zero-order chi connectivity index (χ0) is 18.0. The molecule has 5 aliphatic rings. The minimum Gasteiger partial charge on any atom is -0.333 e. The van der Waals surface area contributed by atoms with Crippen LogP contribution in [0.15, 0.2) is 24.3 Å². The Labute approximate surface area is 165 Å². The molecule has 7 rings (SSSR count). The highest BCUT2D eigenvalue weighted by molar-refractivity contribution is 7.18. The van der Waals surface area contributed by atoms with Crippen LogP contribution in [0.25, 0.3) is 10.2 Å². The van der Waals surface area contributed by atoms with Gasteiger partial charge in [-0.3, -0.25) is 4.79 Å². The summed E-state index contributed by atoms with van der Waals surface area (Å²) >= 11 is 1.78. The molecule has 0 radical (unpaired) electrons. The first-order valence-corrected chi connectivity index (χ1v) is 11.6. The van der Waals surface area contributed by atoms with Crippen LogP contribution < -0.4 is 0 Å². The molecule has 0 spiro atoms. The Bertz CT molecular complexity index is 819. The van der Waals surface area contributed by atoms with E-state index in [2.05, 4.69) is 29.2 Å². The number of hydrogen-bond acceptors (Lipinski definition) is 3. The van der Waals surface area contributed by atoms with Crippen LogP contribution in [0.1, 0.15) is 68.8 Å². The van der Waals surface area contributed by atoms with Crippen LogP contribution in [0.5, 0.6) is 0 Å². The second-order valence-corrected chi connectivity index (χ2v) is 10.9. The van der Waals surface area contributed by atoms with Crippen LogP contribution in [-0.4, -0.2) is 22.3 Å². The van der Waals surface area contributed by atoms with Crippen LogP contribution >= 0.6 is 11.3 Å². The highest BCUT2D eigenvalue weighted by Crippen LogP contribution is 2.61. The number of rotatable bonds is 3. The summed E-state index contributed by atoms with van der Waals surface area (Å²) in [4.78, 5) is 20.5. The average molecular weight is 381 g/mol. The summed E-state index contributed by atoms with van der Waals surface area (Å²) < 4.78 is 1.24. The maximum absolute atomic E-state index is 13.4. The van der Waals surface area contributed by atoms with Gasteiger partial charge in [0.15, 0.2) is 0 Å². The molecule has 2 heterocycles. The Morgan fingerprint density at radius 3 is 2.52 bits per heavy atom. The van der Waals surface area contributed by atoms with Crippen molar-refractivity contribution in [2.75, 3.05) is 6.54 Å². The number of hydrogen-bond donors (Lipinski definition) is 0. The van der Waals surface area contributed by atoms with Crippen molar-refractivity contribution in [3.63, 3.8) is 0 Å². The van der Waals surface area contributed by atoms with Gasteiger partial charge in [0.1, 0.15) is 5.01 Å². The quantitative estimate of drug-likeness (QED) is 0.698. The fourth-order valence-corrected chi connectivity index (χ4v) is 8.40. The van der Waals surface area contributed by atoms with Crippen molar-refractivity contribution in [3.8, 4) is 0 Å². The molecule has 1 amide bonds. The third kappa shape index (κ3) is 2.74. The normalized spacial score (nSPS) is 37.4. The van der Waals surface area contributed by atoms with Crippen LogP contribution in [0.3, 0.4) is 0 Å². The molecular formula is C23H28N2OS. The number of nitrogens with zero attached hydrogens (tertiary/aromatic N) is 2. The number of amides is 1. The molecule has 5 fully saturated rings. The smallest absolute Gasteiger partial charge is 0.223 e. The fourth-order valence-electron chi connectivity index (χ4n) is 7.28. The Morgan fingerprint density at radius 2 is 1.81 bits per heavy atom. The first-order chi connectivity index (χ1) is 13.2. The van der Waals surface area contributed by atoms with Gasteiger partial charge < -0.3 is 4.90 Å². The molecule has 1 aromatic heterocycles. The maximum Gasteiger partial charge on any atom is 0.223 e. The monoisotopic (exact) mass is 380 g/mol. The Hall–Kier alpha value is -1.42. The molecule has 142 valence electrons. The molecule has 4 aliphatic carbocycles. The highest BCUT2D eigenvalue weighted by Gasteiger charge is 2.52. The van der Waals surface area contributed by atoms with Crippen molar-refractivity contribution in [1.29, 1.82) is 0 Å². The predicted molar refractivity (Wildman–Crippen MR) is 109 cm³/mol. The zero-order valence-corrected chi connectivity index (χ0v) is 16.7. The SMILES string of the molecule is O=C(CC12CC3CC(CC(C3)C1)C2)N1CCC[C@@H]1c1nc2ccccc2s1. The van der Waals surface area contributed by atoms with E-state index >= 15 is 0 Å². The molecule has 0 N–H and O–H groups in total. The van der Waals surface area contributed by atoms with Gasteiger partial charge in [-0.15, -0.1) is 11.3 Å². The number of thiazole rings is 1. The van der Waals surface area contributed by atoms with E-state index in [0.29, 0.717) is 11.3 Å². The largest absolute Gasteiger partial charge is 0.333 e. The molecule has 2 aromatic rings. The molecule has 1 saturated heterocycles. The molecule has 1 aliphatic heterocycles. The number of para-hydroxylation sites is 1. The summed E-state index contributed by atoms with van der Waals surface area (Å²) in [5, 5.41) is 1.15. The lowest BCUT2D eigenvalue weighted by Gasteiger charge is -2.57. The minimum absolute atomic E-state index is 0.212. The molecule has 4 saturated carbocycles. The van der Waals surface area contributed by atoms with Gasteiger partial charge in [-0.2, -0.15) is 0 Å². The van der Waals surface area contributed by atoms with Crippen molar-refractivity contribution >= 4 is 27.5 Å². The van der Waals surface area contributed by atoms with Gasteiger partial charge in [0.25, 0.3) is 0 Å². The highest BCUT2D eigenvalue weighted by atomic mass is 32.1. The van der Waals surface area contributed by atoms with Crippen LogP contribution in [0.2, 0.25) is 0 Å². The fraction of sp³-hybridized carbons (Fsp3) is 0.652. The van der Waals surface area contributed by atoms with Gasteiger partial charge in [0.05, 0.1) is 16.3 Å². The first-order valence-electron chi connectivity index (χ1n) is 10.8. The zero-order valence-electron chi connectivity index (χ0n) is 15.9. The van der Waals surface area contributed by atoms with Crippen molar-refractivity contribution in [1.82, 2.24) is 9.88 Å². The first kappa shape index (κ1) is 16.5. The number of carbonyl (C=O) groups is 1. The topological polar surface area (TPSA) is 33.2 Å². The minimum atomic E-state index is 0.212. The van der Waals surface area contributed by atoms with E-state index in [1.807, 2.05) is 0 Å². The van der Waals surface area contributed by atoms with Crippen molar-refractivity contribution < 1.29 is 4.79 Å². The van der Waals surface area contributed by atoms with E-state index in [9.17, 15) is 4.79 Å². The summed E-state index contributed by atoms with van der Waals surface area (Å²) in [7, 11) is 0. The third-order valence-electron chi connectivity index (χ3n) is 7.86. The van der Waals surface area contributed by atoms with Crippen LogP contribution in [0, 0.1) is 23.2 Å². The van der Waals surface area contributed by atoms with Gasteiger partial charge in [0.2, 0.25) is 5.91 Å². The van der Waals surface area contributed by atoms with E-state index in [-0.39, 0.29) is 6.04 Å². The molecule has 3 nitrogen and oxygen atoms in total. The van der Waals surface area contributed by atoms with Crippen LogP contribution in [-0.2, 0) is 4.79 Å². The van der Waals surface area contributed by atoms with Crippen molar-refractivity contribution in [2.24, 2.45) is 23.2 Å².